The van der Waals surface area contributed by atoms with E-state index in [2.05, 4.69) is 10.3 Å². The number of fused-ring (bicyclic) bond motifs is 4. The van der Waals surface area contributed by atoms with E-state index in [4.69, 9.17) is 9.72 Å². The van der Waals surface area contributed by atoms with Gasteiger partial charge in [0.2, 0.25) is 0 Å². The molecule has 0 amide bonds. The van der Waals surface area contributed by atoms with Gasteiger partial charge in [0.1, 0.15) is 5.82 Å². The third-order valence-electron chi connectivity index (χ3n) is 5.48. The standard InChI is InChI=1S/C19H17N3O3/c23-19(24)10-1-2-11-13-6-20-4-3-12(13)18(22-17(11)5-10)21-7-14-15-8-25-9-16(14)15/h1-6,14-16H,7-9H2,(H,21,22)(H,23,24). The number of hydrogen-bond acceptors (Lipinski definition) is 5. The fraction of sp³-hybridized carbons (Fsp3) is 0.316. The lowest BCUT2D eigenvalue weighted by molar-refractivity contribution is 0.0697. The summed E-state index contributed by atoms with van der Waals surface area (Å²) in [6.45, 7) is 2.61. The molecule has 3 heterocycles. The zero-order valence-electron chi connectivity index (χ0n) is 13.5. The molecule has 1 aromatic carbocycles. The molecule has 1 saturated heterocycles. The summed E-state index contributed by atoms with van der Waals surface area (Å²) >= 11 is 0. The third-order valence-corrected chi connectivity index (χ3v) is 5.48. The van der Waals surface area contributed by atoms with Crippen LogP contribution in [0, 0.1) is 17.8 Å². The number of carbonyl (C=O) groups is 1. The van der Waals surface area contributed by atoms with Crippen LogP contribution in [0.25, 0.3) is 21.7 Å². The van der Waals surface area contributed by atoms with E-state index in [0.717, 1.165) is 41.7 Å². The van der Waals surface area contributed by atoms with Crippen LogP contribution in [0.1, 0.15) is 10.4 Å². The van der Waals surface area contributed by atoms with Crippen molar-refractivity contribution in [3.63, 3.8) is 0 Å². The Labute approximate surface area is 143 Å². The van der Waals surface area contributed by atoms with Crippen LogP contribution in [0.2, 0.25) is 0 Å². The Kier molecular flexibility index (Phi) is 3.15. The molecule has 3 aromatic rings. The molecule has 2 aromatic heterocycles. The molecule has 2 unspecified atom stereocenters. The molecule has 1 saturated carbocycles. The first-order chi connectivity index (χ1) is 12.2. The van der Waals surface area contributed by atoms with Gasteiger partial charge in [0, 0.05) is 35.1 Å². The van der Waals surface area contributed by atoms with Crippen molar-refractivity contribution in [3.8, 4) is 0 Å². The molecule has 2 atom stereocenters. The van der Waals surface area contributed by atoms with Crippen molar-refractivity contribution in [1.82, 2.24) is 9.97 Å². The van der Waals surface area contributed by atoms with Gasteiger partial charge in [-0.3, -0.25) is 4.98 Å². The minimum absolute atomic E-state index is 0.239. The Morgan fingerprint density at radius 2 is 2.04 bits per heavy atom. The zero-order valence-corrected chi connectivity index (χ0v) is 13.5. The summed E-state index contributed by atoms with van der Waals surface area (Å²) in [6.07, 6.45) is 3.57. The molecule has 2 N–H and O–H groups in total. The summed E-state index contributed by atoms with van der Waals surface area (Å²) in [7, 11) is 0. The maximum absolute atomic E-state index is 11.3. The van der Waals surface area contributed by atoms with Gasteiger partial charge in [-0.2, -0.15) is 0 Å². The first kappa shape index (κ1) is 14.6. The number of benzene rings is 1. The highest BCUT2D eigenvalue weighted by atomic mass is 16.5. The van der Waals surface area contributed by atoms with Crippen LogP contribution in [0.4, 0.5) is 5.82 Å². The smallest absolute Gasteiger partial charge is 0.335 e. The number of carboxylic acids is 1. The normalized spacial score (nSPS) is 24.4. The summed E-state index contributed by atoms with van der Waals surface area (Å²) in [5.74, 6) is 1.85. The van der Waals surface area contributed by atoms with Crippen LogP contribution >= 0.6 is 0 Å². The lowest BCUT2D eigenvalue weighted by Gasteiger charge is -2.12. The molecule has 1 aliphatic carbocycles. The number of pyridine rings is 2. The first-order valence-electron chi connectivity index (χ1n) is 8.45. The fourth-order valence-corrected chi connectivity index (χ4v) is 3.99. The first-order valence-corrected chi connectivity index (χ1v) is 8.45. The monoisotopic (exact) mass is 335 g/mol. The summed E-state index contributed by atoms with van der Waals surface area (Å²) < 4.78 is 5.44. The molecule has 5 rings (SSSR count). The molecule has 2 fully saturated rings. The Morgan fingerprint density at radius 1 is 1.20 bits per heavy atom. The lowest BCUT2D eigenvalue weighted by atomic mass is 10.1. The highest BCUT2D eigenvalue weighted by molar-refractivity contribution is 6.10. The van der Waals surface area contributed by atoms with Crippen LogP contribution in [0.3, 0.4) is 0 Å². The van der Waals surface area contributed by atoms with Gasteiger partial charge in [-0.15, -0.1) is 0 Å². The van der Waals surface area contributed by atoms with Gasteiger partial charge in [0.05, 0.1) is 24.3 Å². The number of nitrogens with one attached hydrogen (secondary N) is 1. The molecule has 1 aliphatic heterocycles. The van der Waals surface area contributed by atoms with Crippen LogP contribution in [-0.4, -0.2) is 40.8 Å². The molecule has 2 aliphatic rings. The summed E-state index contributed by atoms with van der Waals surface area (Å²) in [5, 5.41) is 15.6. The number of hydrogen-bond donors (Lipinski definition) is 2. The Hall–Kier alpha value is -2.73. The van der Waals surface area contributed by atoms with Gasteiger partial charge >= 0.3 is 5.97 Å². The second kappa shape index (κ2) is 5.39. The van der Waals surface area contributed by atoms with E-state index in [1.54, 1.807) is 18.3 Å². The summed E-state index contributed by atoms with van der Waals surface area (Å²) in [6, 6.07) is 6.99. The molecule has 6 heteroatoms. The number of nitrogens with zero attached hydrogens (tertiary/aromatic N) is 2. The van der Waals surface area contributed by atoms with E-state index >= 15 is 0 Å². The predicted molar refractivity (Wildman–Crippen MR) is 93.8 cm³/mol. The highest BCUT2D eigenvalue weighted by Crippen LogP contribution is 2.50. The molecule has 0 spiro atoms. The predicted octanol–water partition coefficient (Wildman–Crippen LogP) is 2.79. The van der Waals surface area contributed by atoms with Gasteiger partial charge in [-0.1, -0.05) is 6.07 Å². The van der Waals surface area contributed by atoms with Crippen LogP contribution in [0.5, 0.6) is 0 Å². The molecular weight excluding hydrogens is 318 g/mol. The van der Waals surface area contributed by atoms with Gasteiger partial charge in [0.15, 0.2) is 0 Å². The maximum Gasteiger partial charge on any atom is 0.335 e. The molecule has 6 nitrogen and oxygen atoms in total. The summed E-state index contributed by atoms with van der Waals surface area (Å²) in [4.78, 5) is 20.2. The average molecular weight is 335 g/mol. The molecule has 0 radical (unpaired) electrons. The van der Waals surface area contributed by atoms with Crippen molar-refractivity contribution >= 4 is 33.5 Å². The average Bonchev–Trinajstić information content (AvgIpc) is 3.06. The van der Waals surface area contributed by atoms with Gasteiger partial charge in [-0.25, -0.2) is 9.78 Å². The van der Waals surface area contributed by atoms with Crippen molar-refractivity contribution in [1.29, 1.82) is 0 Å². The van der Waals surface area contributed by atoms with E-state index in [0.29, 0.717) is 23.3 Å². The van der Waals surface area contributed by atoms with Crippen molar-refractivity contribution < 1.29 is 14.6 Å². The number of carboxylic acid groups (broad SMARTS) is 1. The molecule has 0 bridgehead atoms. The number of aromatic nitrogens is 2. The zero-order chi connectivity index (χ0) is 17.0. The van der Waals surface area contributed by atoms with Crippen molar-refractivity contribution in [2.24, 2.45) is 17.8 Å². The van der Waals surface area contributed by atoms with Gasteiger partial charge < -0.3 is 15.2 Å². The largest absolute Gasteiger partial charge is 0.478 e. The quantitative estimate of drug-likeness (QED) is 0.713. The topological polar surface area (TPSA) is 84.3 Å². The van der Waals surface area contributed by atoms with Crippen molar-refractivity contribution in [2.45, 2.75) is 0 Å². The SMILES string of the molecule is O=C(O)c1ccc2c(c1)nc(NCC1C3COCC13)c1ccncc12. The van der Waals surface area contributed by atoms with Gasteiger partial charge in [-0.05, 0) is 36.0 Å². The molecule has 126 valence electrons. The van der Waals surface area contributed by atoms with Crippen LogP contribution in [0.15, 0.2) is 36.7 Å². The number of ether oxygens (including phenoxy) is 1. The number of anilines is 1. The summed E-state index contributed by atoms with van der Waals surface area (Å²) in [5.41, 5.74) is 0.908. The highest BCUT2D eigenvalue weighted by Gasteiger charge is 2.53. The lowest BCUT2D eigenvalue weighted by Crippen LogP contribution is -2.11. The van der Waals surface area contributed by atoms with E-state index in [1.165, 1.54) is 0 Å². The van der Waals surface area contributed by atoms with Gasteiger partial charge in [0.25, 0.3) is 0 Å². The third kappa shape index (κ3) is 2.33. The molecular formula is C19H17N3O3. The second-order valence-corrected chi connectivity index (χ2v) is 6.83. The van der Waals surface area contributed by atoms with E-state index in [1.807, 2.05) is 18.3 Å². The Morgan fingerprint density at radius 3 is 2.84 bits per heavy atom. The minimum Gasteiger partial charge on any atom is -0.478 e. The fourth-order valence-electron chi connectivity index (χ4n) is 3.99. The van der Waals surface area contributed by atoms with Crippen LogP contribution < -0.4 is 5.32 Å². The maximum atomic E-state index is 11.3. The van der Waals surface area contributed by atoms with Crippen molar-refractivity contribution in [2.75, 3.05) is 25.1 Å². The second-order valence-electron chi connectivity index (χ2n) is 6.83. The van der Waals surface area contributed by atoms with Crippen LogP contribution in [-0.2, 0) is 4.74 Å². The molecule has 25 heavy (non-hydrogen) atoms. The number of aromatic carboxylic acids is 1. The van der Waals surface area contributed by atoms with E-state index in [9.17, 15) is 9.90 Å². The van der Waals surface area contributed by atoms with E-state index < -0.39 is 5.97 Å². The van der Waals surface area contributed by atoms with E-state index in [-0.39, 0.29) is 5.56 Å². The number of rotatable bonds is 4. The van der Waals surface area contributed by atoms with Crippen molar-refractivity contribution in [3.05, 3.63) is 42.2 Å². The Bertz CT molecular complexity index is 994. The Balaban J connectivity index is 1.56. The minimum atomic E-state index is -0.949.